The van der Waals surface area contributed by atoms with Gasteiger partial charge in [-0.25, -0.2) is 0 Å². The molecule has 1 aromatic heterocycles. The van der Waals surface area contributed by atoms with Crippen LogP contribution in [0.5, 0.6) is 5.75 Å². The van der Waals surface area contributed by atoms with E-state index in [1.54, 1.807) is 25.6 Å². The Labute approximate surface area is 162 Å². The van der Waals surface area contributed by atoms with Crippen molar-refractivity contribution in [2.24, 2.45) is 7.05 Å². The van der Waals surface area contributed by atoms with Gasteiger partial charge in [0.2, 0.25) is 5.91 Å². The Balaban J connectivity index is 1.77. The number of para-hydroxylation sites is 1. The molecule has 9 heteroatoms. The van der Waals surface area contributed by atoms with Gasteiger partial charge < -0.3 is 19.4 Å². The van der Waals surface area contributed by atoms with E-state index >= 15 is 0 Å². The zero-order valence-corrected chi connectivity index (χ0v) is 16.5. The number of nitrogens with zero attached hydrogens (tertiary/aromatic N) is 3. The number of carbonyl (C=O) groups excluding carboxylic acids is 2. The Bertz CT molecular complexity index is 778. The highest BCUT2D eigenvalue weighted by Gasteiger charge is 2.14. The zero-order valence-electron chi connectivity index (χ0n) is 15.7. The molecule has 0 aliphatic carbocycles. The van der Waals surface area contributed by atoms with Gasteiger partial charge >= 0.3 is 5.97 Å². The van der Waals surface area contributed by atoms with Crippen LogP contribution in [-0.2, 0) is 34.2 Å². The van der Waals surface area contributed by atoms with Gasteiger partial charge in [0.05, 0.1) is 19.5 Å². The molecule has 0 aliphatic heterocycles. The Morgan fingerprint density at radius 2 is 2.04 bits per heavy atom. The van der Waals surface area contributed by atoms with Gasteiger partial charge in [-0.1, -0.05) is 30.0 Å². The summed E-state index contributed by atoms with van der Waals surface area (Å²) < 4.78 is 11.9. The quantitative estimate of drug-likeness (QED) is 0.482. The number of hydrogen-bond donors (Lipinski definition) is 1. The highest BCUT2D eigenvalue weighted by Crippen LogP contribution is 2.18. The van der Waals surface area contributed by atoms with E-state index in [1.165, 1.54) is 11.8 Å². The Hall–Kier alpha value is -2.55. The van der Waals surface area contributed by atoms with Crippen LogP contribution in [0.25, 0.3) is 0 Å². The van der Waals surface area contributed by atoms with Crippen molar-refractivity contribution < 1.29 is 19.1 Å². The number of nitrogens with one attached hydrogen (secondary N) is 1. The van der Waals surface area contributed by atoms with Crippen LogP contribution in [0.15, 0.2) is 29.4 Å². The molecular formula is C18H24N4O4S. The van der Waals surface area contributed by atoms with Crippen molar-refractivity contribution in [1.29, 1.82) is 0 Å². The van der Waals surface area contributed by atoms with Crippen molar-refractivity contribution in [3.8, 4) is 5.75 Å². The van der Waals surface area contributed by atoms with E-state index in [9.17, 15) is 9.59 Å². The molecule has 27 heavy (non-hydrogen) atoms. The van der Waals surface area contributed by atoms with Gasteiger partial charge in [-0.2, -0.15) is 0 Å². The largest absolute Gasteiger partial charge is 0.496 e. The van der Waals surface area contributed by atoms with Gasteiger partial charge in [0.25, 0.3) is 0 Å². The molecule has 8 nitrogen and oxygen atoms in total. The van der Waals surface area contributed by atoms with Crippen molar-refractivity contribution in [3.05, 3.63) is 35.7 Å². The Morgan fingerprint density at radius 1 is 1.26 bits per heavy atom. The summed E-state index contributed by atoms with van der Waals surface area (Å²) in [6, 6.07) is 7.73. The van der Waals surface area contributed by atoms with E-state index in [1.807, 2.05) is 24.3 Å². The molecule has 0 spiro atoms. The first kappa shape index (κ1) is 20.8. The van der Waals surface area contributed by atoms with Crippen LogP contribution in [0.2, 0.25) is 0 Å². The lowest BCUT2D eigenvalue weighted by Crippen LogP contribution is -2.27. The fourth-order valence-electron chi connectivity index (χ4n) is 2.39. The average Bonchev–Trinajstić information content (AvgIpc) is 3.00. The van der Waals surface area contributed by atoms with Crippen LogP contribution in [0.1, 0.15) is 18.3 Å². The van der Waals surface area contributed by atoms with Crippen molar-refractivity contribution in [2.45, 2.75) is 24.9 Å². The SMILES string of the molecule is CCOC(=O)Cc1nnc(SCC(=O)NCCc2ccccc2OC)n1C. The second kappa shape index (κ2) is 10.6. The van der Waals surface area contributed by atoms with Crippen LogP contribution in [-0.4, -0.2) is 52.7 Å². The molecule has 2 rings (SSSR count). The molecule has 0 radical (unpaired) electrons. The van der Waals surface area contributed by atoms with E-state index in [0.717, 1.165) is 11.3 Å². The predicted octanol–water partition coefficient (Wildman–Crippen LogP) is 1.38. The summed E-state index contributed by atoms with van der Waals surface area (Å²) in [6.45, 7) is 2.60. The first-order valence-electron chi connectivity index (χ1n) is 8.60. The first-order valence-corrected chi connectivity index (χ1v) is 9.59. The van der Waals surface area contributed by atoms with Gasteiger partial charge in [0, 0.05) is 13.6 Å². The summed E-state index contributed by atoms with van der Waals surface area (Å²) in [4.78, 5) is 23.6. The highest BCUT2D eigenvalue weighted by molar-refractivity contribution is 7.99. The third-order valence-corrected chi connectivity index (χ3v) is 4.79. The monoisotopic (exact) mass is 392 g/mol. The van der Waals surface area contributed by atoms with Gasteiger partial charge in [0.15, 0.2) is 5.16 Å². The van der Waals surface area contributed by atoms with Crippen molar-refractivity contribution in [1.82, 2.24) is 20.1 Å². The Morgan fingerprint density at radius 3 is 2.78 bits per heavy atom. The van der Waals surface area contributed by atoms with Gasteiger partial charge in [-0.05, 0) is 25.0 Å². The average molecular weight is 392 g/mol. The number of esters is 1. The molecule has 1 amide bonds. The lowest BCUT2D eigenvalue weighted by Gasteiger charge is -2.09. The van der Waals surface area contributed by atoms with Crippen molar-refractivity contribution in [2.75, 3.05) is 26.0 Å². The molecular weight excluding hydrogens is 368 g/mol. The number of hydrogen-bond acceptors (Lipinski definition) is 7. The number of amides is 1. The lowest BCUT2D eigenvalue weighted by atomic mass is 10.1. The van der Waals surface area contributed by atoms with E-state index in [-0.39, 0.29) is 24.1 Å². The van der Waals surface area contributed by atoms with Gasteiger partial charge in [-0.15, -0.1) is 10.2 Å². The molecule has 0 bridgehead atoms. The maximum absolute atomic E-state index is 12.0. The number of rotatable bonds is 10. The van der Waals surface area contributed by atoms with Crippen LogP contribution < -0.4 is 10.1 Å². The van der Waals surface area contributed by atoms with Crippen molar-refractivity contribution in [3.63, 3.8) is 0 Å². The molecule has 0 saturated carbocycles. The standard InChI is InChI=1S/C18H24N4O4S/c1-4-26-17(24)11-15-20-21-18(22(15)2)27-12-16(23)19-10-9-13-7-5-6-8-14(13)25-3/h5-8H,4,9-12H2,1-3H3,(H,19,23). The zero-order chi connectivity index (χ0) is 19.6. The van der Waals surface area contributed by atoms with E-state index in [2.05, 4.69) is 15.5 Å². The molecule has 0 saturated heterocycles. The fourth-order valence-corrected chi connectivity index (χ4v) is 3.15. The normalized spacial score (nSPS) is 10.5. The minimum absolute atomic E-state index is 0.0585. The Kier molecular flexibility index (Phi) is 8.12. The van der Waals surface area contributed by atoms with Gasteiger partial charge in [-0.3, -0.25) is 9.59 Å². The molecule has 0 aliphatic rings. The molecule has 1 aromatic carbocycles. The second-order valence-corrected chi connectivity index (χ2v) is 6.58. The second-order valence-electron chi connectivity index (χ2n) is 5.64. The number of thioether (sulfide) groups is 1. The smallest absolute Gasteiger partial charge is 0.313 e. The predicted molar refractivity (Wildman–Crippen MR) is 102 cm³/mol. The van der Waals surface area contributed by atoms with Crippen LogP contribution in [0, 0.1) is 0 Å². The summed E-state index contributed by atoms with van der Waals surface area (Å²) in [5.41, 5.74) is 1.05. The van der Waals surface area contributed by atoms with E-state index in [0.29, 0.717) is 30.6 Å². The van der Waals surface area contributed by atoms with Crippen LogP contribution in [0.3, 0.4) is 0 Å². The van der Waals surface area contributed by atoms with Crippen LogP contribution in [0.4, 0.5) is 0 Å². The lowest BCUT2D eigenvalue weighted by molar-refractivity contribution is -0.142. The summed E-state index contributed by atoms with van der Waals surface area (Å²) in [5.74, 6) is 1.10. The fraction of sp³-hybridized carbons (Fsp3) is 0.444. The first-order chi connectivity index (χ1) is 13.0. The summed E-state index contributed by atoms with van der Waals surface area (Å²) in [6.07, 6.45) is 0.747. The van der Waals surface area contributed by atoms with Crippen LogP contribution >= 0.6 is 11.8 Å². The minimum atomic E-state index is -0.348. The number of aromatic nitrogens is 3. The van der Waals surface area contributed by atoms with E-state index in [4.69, 9.17) is 9.47 Å². The maximum Gasteiger partial charge on any atom is 0.313 e. The van der Waals surface area contributed by atoms with Gasteiger partial charge in [0.1, 0.15) is 18.0 Å². The molecule has 146 valence electrons. The number of carbonyl (C=O) groups is 2. The molecule has 2 aromatic rings. The summed E-state index contributed by atoms with van der Waals surface area (Å²) >= 11 is 1.27. The maximum atomic E-state index is 12.0. The number of benzene rings is 1. The highest BCUT2D eigenvalue weighted by atomic mass is 32.2. The van der Waals surface area contributed by atoms with E-state index < -0.39 is 0 Å². The third kappa shape index (κ3) is 6.28. The summed E-state index contributed by atoms with van der Waals surface area (Å²) in [7, 11) is 3.39. The molecule has 0 atom stereocenters. The number of methoxy groups -OCH3 is 1. The third-order valence-electron chi connectivity index (χ3n) is 3.77. The summed E-state index contributed by atoms with van der Waals surface area (Å²) in [5, 5.41) is 11.5. The number of ether oxygens (including phenoxy) is 2. The molecule has 0 unspecified atom stereocenters. The topological polar surface area (TPSA) is 95.3 Å². The molecule has 1 heterocycles. The molecule has 0 fully saturated rings. The molecule has 1 N–H and O–H groups in total. The minimum Gasteiger partial charge on any atom is -0.496 e. The van der Waals surface area contributed by atoms with Crippen molar-refractivity contribution >= 4 is 23.6 Å².